The van der Waals surface area contributed by atoms with Crippen LogP contribution in [0.4, 0.5) is 5.69 Å². The highest BCUT2D eigenvalue weighted by Crippen LogP contribution is 2.39. The van der Waals surface area contributed by atoms with E-state index in [4.69, 9.17) is 0 Å². The van der Waals surface area contributed by atoms with E-state index >= 15 is 0 Å². The monoisotopic (exact) mass is 269 g/mol. The van der Waals surface area contributed by atoms with Gasteiger partial charge in [0.05, 0.1) is 6.54 Å². The molecule has 20 heavy (non-hydrogen) atoms. The Balaban J connectivity index is 1.44. The van der Waals surface area contributed by atoms with Crippen LogP contribution in [0.2, 0.25) is 0 Å². The SMILES string of the molecule is Cc1ccc(NCC(=O)N/N=C2\C[C@H]3C=CC[C@H]23)cc1. The maximum absolute atomic E-state index is 11.7. The largest absolute Gasteiger partial charge is 0.376 e. The van der Waals surface area contributed by atoms with E-state index < -0.39 is 0 Å². The molecular formula is C16H19N3O. The van der Waals surface area contributed by atoms with E-state index in [0.29, 0.717) is 11.8 Å². The van der Waals surface area contributed by atoms with E-state index in [2.05, 4.69) is 28.0 Å². The summed E-state index contributed by atoms with van der Waals surface area (Å²) in [5, 5.41) is 7.32. The minimum absolute atomic E-state index is 0.104. The molecule has 2 aliphatic carbocycles. The predicted molar refractivity (Wildman–Crippen MR) is 80.6 cm³/mol. The first-order valence-electron chi connectivity index (χ1n) is 7.05. The van der Waals surface area contributed by atoms with Crippen molar-refractivity contribution in [2.45, 2.75) is 19.8 Å². The van der Waals surface area contributed by atoms with Crippen molar-refractivity contribution in [3.8, 4) is 0 Å². The molecule has 2 N–H and O–H groups in total. The van der Waals surface area contributed by atoms with Crippen LogP contribution in [0.25, 0.3) is 0 Å². The predicted octanol–water partition coefficient (Wildman–Crippen LogP) is 2.48. The highest BCUT2D eigenvalue weighted by molar-refractivity contribution is 5.95. The van der Waals surface area contributed by atoms with Gasteiger partial charge in [-0.2, -0.15) is 5.10 Å². The first-order chi connectivity index (χ1) is 9.72. The summed E-state index contributed by atoms with van der Waals surface area (Å²) in [6.07, 6.45) is 6.52. The van der Waals surface area contributed by atoms with Crippen molar-refractivity contribution in [3.63, 3.8) is 0 Å². The molecule has 0 saturated heterocycles. The van der Waals surface area contributed by atoms with Crippen molar-refractivity contribution < 1.29 is 4.79 Å². The van der Waals surface area contributed by atoms with E-state index in [9.17, 15) is 4.79 Å². The van der Waals surface area contributed by atoms with Gasteiger partial charge in [-0.25, -0.2) is 5.43 Å². The topological polar surface area (TPSA) is 53.5 Å². The molecule has 0 aliphatic heterocycles. The summed E-state index contributed by atoms with van der Waals surface area (Å²) < 4.78 is 0. The van der Waals surface area contributed by atoms with Crippen molar-refractivity contribution in [1.82, 2.24) is 5.43 Å². The summed E-state index contributed by atoms with van der Waals surface area (Å²) in [5.74, 6) is 1.10. The number of allylic oxidation sites excluding steroid dienone is 2. The molecule has 1 saturated carbocycles. The Morgan fingerprint density at radius 3 is 2.90 bits per heavy atom. The van der Waals surface area contributed by atoms with Crippen LogP contribution in [0, 0.1) is 18.8 Å². The zero-order valence-electron chi connectivity index (χ0n) is 11.6. The number of fused-ring (bicyclic) bond motifs is 1. The molecule has 1 amide bonds. The van der Waals surface area contributed by atoms with Gasteiger partial charge in [0.2, 0.25) is 0 Å². The number of benzene rings is 1. The van der Waals surface area contributed by atoms with E-state index in [0.717, 1.165) is 24.2 Å². The number of carbonyl (C=O) groups excluding carboxylic acids is 1. The van der Waals surface area contributed by atoms with Crippen molar-refractivity contribution >= 4 is 17.3 Å². The van der Waals surface area contributed by atoms with Crippen LogP contribution >= 0.6 is 0 Å². The molecule has 0 bridgehead atoms. The smallest absolute Gasteiger partial charge is 0.259 e. The fourth-order valence-electron chi connectivity index (χ4n) is 2.69. The molecule has 1 aromatic carbocycles. The second-order valence-electron chi connectivity index (χ2n) is 5.50. The Kier molecular flexibility index (Phi) is 3.54. The minimum atomic E-state index is -0.104. The van der Waals surface area contributed by atoms with Gasteiger partial charge >= 0.3 is 0 Å². The lowest BCUT2D eigenvalue weighted by molar-refractivity contribution is -0.119. The Labute approximate surface area is 119 Å². The van der Waals surface area contributed by atoms with Gasteiger partial charge in [-0.1, -0.05) is 29.8 Å². The molecule has 1 aromatic rings. The quantitative estimate of drug-likeness (QED) is 0.651. The van der Waals surface area contributed by atoms with E-state index in [1.54, 1.807) is 0 Å². The molecular weight excluding hydrogens is 250 g/mol. The Morgan fingerprint density at radius 2 is 2.15 bits per heavy atom. The second kappa shape index (κ2) is 5.49. The molecule has 104 valence electrons. The van der Waals surface area contributed by atoms with Crippen LogP contribution in [0.15, 0.2) is 41.5 Å². The van der Waals surface area contributed by atoms with Crippen LogP contribution in [0.5, 0.6) is 0 Å². The van der Waals surface area contributed by atoms with Crippen LogP contribution in [0.3, 0.4) is 0 Å². The number of nitrogens with zero attached hydrogens (tertiary/aromatic N) is 1. The summed E-state index contributed by atoms with van der Waals surface area (Å²) in [6, 6.07) is 7.97. The van der Waals surface area contributed by atoms with Gasteiger partial charge in [0, 0.05) is 17.3 Å². The Bertz CT molecular complexity index is 560. The summed E-state index contributed by atoms with van der Waals surface area (Å²) in [6.45, 7) is 2.28. The number of carbonyl (C=O) groups is 1. The van der Waals surface area contributed by atoms with Crippen LogP contribution < -0.4 is 10.7 Å². The standard InChI is InChI=1S/C16H19N3O/c1-11-5-7-13(8-6-11)17-10-16(20)19-18-15-9-12-3-2-4-14(12)15/h2-3,5-8,12,14,17H,4,9-10H2,1H3,(H,19,20)/b18-15+/t12-,14+/m1/s1. The molecule has 3 rings (SSSR count). The number of rotatable bonds is 4. The molecule has 2 atom stereocenters. The zero-order chi connectivity index (χ0) is 13.9. The fourth-order valence-corrected chi connectivity index (χ4v) is 2.69. The van der Waals surface area contributed by atoms with E-state index in [-0.39, 0.29) is 12.5 Å². The van der Waals surface area contributed by atoms with E-state index in [1.165, 1.54) is 5.56 Å². The summed E-state index contributed by atoms with van der Waals surface area (Å²) in [5.41, 5.74) is 5.92. The average Bonchev–Trinajstić information content (AvgIpc) is 2.80. The van der Waals surface area contributed by atoms with Crippen molar-refractivity contribution in [2.75, 3.05) is 11.9 Å². The van der Waals surface area contributed by atoms with Gasteiger partial charge in [-0.05, 0) is 37.8 Å². The summed E-state index contributed by atoms with van der Waals surface area (Å²) in [4.78, 5) is 11.7. The first kappa shape index (κ1) is 12.9. The van der Waals surface area contributed by atoms with Gasteiger partial charge in [0.15, 0.2) is 0 Å². The molecule has 0 spiro atoms. The molecule has 4 heteroatoms. The lowest BCUT2D eigenvalue weighted by Crippen LogP contribution is -2.36. The van der Waals surface area contributed by atoms with Gasteiger partial charge in [-0.3, -0.25) is 4.79 Å². The first-order valence-corrected chi connectivity index (χ1v) is 7.05. The number of aryl methyl sites for hydroxylation is 1. The normalized spacial score (nSPS) is 25.1. The van der Waals surface area contributed by atoms with E-state index in [1.807, 2.05) is 31.2 Å². The van der Waals surface area contributed by atoms with Crippen molar-refractivity contribution in [3.05, 3.63) is 42.0 Å². The number of hydrazone groups is 1. The van der Waals surface area contributed by atoms with Crippen molar-refractivity contribution in [1.29, 1.82) is 0 Å². The number of amides is 1. The third-order valence-electron chi connectivity index (χ3n) is 3.99. The molecule has 0 heterocycles. The number of hydrogen-bond donors (Lipinski definition) is 2. The van der Waals surface area contributed by atoms with Crippen LogP contribution in [0.1, 0.15) is 18.4 Å². The number of hydrogen-bond acceptors (Lipinski definition) is 3. The second-order valence-corrected chi connectivity index (χ2v) is 5.50. The minimum Gasteiger partial charge on any atom is -0.376 e. The lowest BCUT2D eigenvalue weighted by atomic mass is 9.74. The summed E-state index contributed by atoms with van der Waals surface area (Å²) >= 11 is 0. The number of nitrogens with one attached hydrogen (secondary N) is 2. The number of anilines is 1. The maximum Gasteiger partial charge on any atom is 0.259 e. The third kappa shape index (κ3) is 2.74. The molecule has 0 unspecified atom stereocenters. The maximum atomic E-state index is 11.7. The van der Waals surface area contributed by atoms with Gasteiger partial charge in [0.1, 0.15) is 0 Å². The molecule has 1 fully saturated rings. The Morgan fingerprint density at radius 1 is 1.35 bits per heavy atom. The molecule has 4 nitrogen and oxygen atoms in total. The highest BCUT2D eigenvalue weighted by Gasteiger charge is 2.37. The third-order valence-corrected chi connectivity index (χ3v) is 3.99. The van der Waals surface area contributed by atoms with Crippen molar-refractivity contribution in [2.24, 2.45) is 16.9 Å². The van der Waals surface area contributed by atoms with Crippen LogP contribution in [-0.4, -0.2) is 18.2 Å². The zero-order valence-corrected chi connectivity index (χ0v) is 11.6. The Hall–Kier alpha value is -2.10. The average molecular weight is 269 g/mol. The lowest BCUT2D eigenvalue weighted by Gasteiger charge is -2.31. The van der Waals surface area contributed by atoms with Crippen LogP contribution in [-0.2, 0) is 4.79 Å². The molecule has 2 aliphatic rings. The van der Waals surface area contributed by atoms with Gasteiger partial charge < -0.3 is 5.32 Å². The fraction of sp³-hybridized carbons (Fsp3) is 0.375. The molecule has 0 aromatic heterocycles. The highest BCUT2D eigenvalue weighted by atomic mass is 16.2. The van der Waals surface area contributed by atoms with Gasteiger partial charge in [0.25, 0.3) is 5.91 Å². The van der Waals surface area contributed by atoms with Gasteiger partial charge in [-0.15, -0.1) is 0 Å². The summed E-state index contributed by atoms with van der Waals surface area (Å²) in [7, 11) is 0. The molecule has 0 radical (unpaired) electrons.